The van der Waals surface area contributed by atoms with Crippen molar-refractivity contribution in [1.29, 1.82) is 5.26 Å². The predicted molar refractivity (Wildman–Crippen MR) is 99.8 cm³/mol. The van der Waals surface area contributed by atoms with Crippen LogP contribution in [0.2, 0.25) is 0 Å². The molecular formula is C20H27N3O4. The largest absolute Gasteiger partial charge is 0.445 e. The molecule has 1 heterocycles. The third-order valence-corrected chi connectivity index (χ3v) is 4.16. The van der Waals surface area contributed by atoms with Crippen LogP contribution >= 0.6 is 0 Å². The van der Waals surface area contributed by atoms with Gasteiger partial charge >= 0.3 is 12.2 Å². The Morgan fingerprint density at radius 1 is 1.30 bits per heavy atom. The highest BCUT2D eigenvalue weighted by atomic mass is 16.6. The fourth-order valence-electron chi connectivity index (χ4n) is 2.88. The molecule has 27 heavy (non-hydrogen) atoms. The van der Waals surface area contributed by atoms with Gasteiger partial charge in [0.05, 0.1) is 18.5 Å². The zero-order valence-corrected chi connectivity index (χ0v) is 16.2. The summed E-state index contributed by atoms with van der Waals surface area (Å²) in [5, 5.41) is 8.90. The number of ether oxygens (including phenoxy) is 2. The van der Waals surface area contributed by atoms with Crippen LogP contribution in [-0.4, -0.2) is 53.3 Å². The first-order valence-corrected chi connectivity index (χ1v) is 9.12. The topological polar surface area (TPSA) is 82.9 Å². The summed E-state index contributed by atoms with van der Waals surface area (Å²) in [5.74, 6) is 0. The number of rotatable bonds is 5. The van der Waals surface area contributed by atoms with Crippen molar-refractivity contribution in [3.8, 4) is 6.07 Å². The Morgan fingerprint density at radius 2 is 2.00 bits per heavy atom. The van der Waals surface area contributed by atoms with E-state index in [1.54, 1.807) is 9.80 Å². The van der Waals surface area contributed by atoms with E-state index in [0.29, 0.717) is 19.5 Å². The van der Waals surface area contributed by atoms with Crippen LogP contribution in [0, 0.1) is 11.3 Å². The average Bonchev–Trinajstić information content (AvgIpc) is 3.10. The molecule has 0 radical (unpaired) electrons. The highest BCUT2D eigenvalue weighted by Gasteiger charge is 2.35. The van der Waals surface area contributed by atoms with Crippen molar-refractivity contribution in [1.82, 2.24) is 9.80 Å². The molecule has 0 N–H and O–H groups in total. The second-order valence-electron chi connectivity index (χ2n) is 7.51. The van der Waals surface area contributed by atoms with Gasteiger partial charge < -0.3 is 19.3 Å². The fourth-order valence-corrected chi connectivity index (χ4v) is 2.88. The van der Waals surface area contributed by atoms with E-state index < -0.39 is 11.7 Å². The van der Waals surface area contributed by atoms with Crippen molar-refractivity contribution < 1.29 is 19.1 Å². The second kappa shape index (κ2) is 9.26. The average molecular weight is 373 g/mol. The predicted octanol–water partition coefficient (Wildman–Crippen LogP) is 3.55. The fraction of sp³-hybridized carbons (Fsp3) is 0.550. The highest BCUT2D eigenvalue weighted by molar-refractivity contribution is 5.70. The molecule has 0 aromatic heterocycles. The Hall–Kier alpha value is -2.75. The standard InChI is InChI=1S/C20H27N3O4/c1-20(2,3)27-18(24)22-13-10-17(14-22)23(12-7-11-21)19(25)26-15-16-8-5-4-6-9-16/h4-6,8-9,17H,7,10,12-15H2,1-3H3. The zero-order valence-electron chi connectivity index (χ0n) is 16.2. The molecule has 1 aromatic carbocycles. The maximum absolute atomic E-state index is 12.6. The molecule has 0 bridgehead atoms. The highest BCUT2D eigenvalue weighted by Crippen LogP contribution is 2.20. The first kappa shape index (κ1) is 20.6. The van der Waals surface area contributed by atoms with Gasteiger partial charge in [0, 0.05) is 19.6 Å². The molecule has 1 aliphatic rings. The van der Waals surface area contributed by atoms with Crippen molar-refractivity contribution in [2.45, 2.75) is 51.9 Å². The lowest BCUT2D eigenvalue weighted by atomic mass is 10.2. The van der Waals surface area contributed by atoms with Gasteiger partial charge in [0.2, 0.25) is 0 Å². The lowest BCUT2D eigenvalue weighted by Gasteiger charge is -2.28. The number of likely N-dealkylation sites (tertiary alicyclic amines) is 1. The van der Waals surface area contributed by atoms with Crippen LogP contribution < -0.4 is 0 Å². The van der Waals surface area contributed by atoms with E-state index in [9.17, 15) is 9.59 Å². The number of carbonyl (C=O) groups is 2. The van der Waals surface area contributed by atoms with E-state index in [1.165, 1.54) is 0 Å². The van der Waals surface area contributed by atoms with Crippen molar-refractivity contribution in [2.24, 2.45) is 0 Å². The number of benzene rings is 1. The molecule has 1 aliphatic heterocycles. The van der Waals surface area contributed by atoms with Gasteiger partial charge in [-0.25, -0.2) is 9.59 Å². The van der Waals surface area contributed by atoms with Crippen LogP contribution in [0.15, 0.2) is 30.3 Å². The quantitative estimate of drug-likeness (QED) is 0.788. The molecule has 0 saturated carbocycles. The Kier molecular flexibility index (Phi) is 7.05. The van der Waals surface area contributed by atoms with Crippen molar-refractivity contribution in [2.75, 3.05) is 19.6 Å². The van der Waals surface area contributed by atoms with Gasteiger partial charge in [-0.1, -0.05) is 30.3 Å². The maximum atomic E-state index is 12.6. The SMILES string of the molecule is CC(C)(C)OC(=O)N1CCC(N(CCC#N)C(=O)OCc2ccccc2)C1. The molecular weight excluding hydrogens is 346 g/mol. The molecule has 1 aromatic rings. The van der Waals surface area contributed by atoms with Crippen LogP contribution in [0.1, 0.15) is 39.2 Å². The van der Waals surface area contributed by atoms with E-state index >= 15 is 0 Å². The van der Waals surface area contributed by atoms with E-state index in [1.807, 2.05) is 51.1 Å². The summed E-state index contributed by atoms with van der Waals surface area (Å²) < 4.78 is 10.8. The smallest absolute Gasteiger partial charge is 0.410 e. The number of hydrogen-bond donors (Lipinski definition) is 0. The van der Waals surface area contributed by atoms with Crippen molar-refractivity contribution >= 4 is 12.2 Å². The van der Waals surface area contributed by atoms with Crippen molar-refractivity contribution in [3.63, 3.8) is 0 Å². The minimum atomic E-state index is -0.565. The monoisotopic (exact) mass is 373 g/mol. The molecule has 0 spiro atoms. The van der Waals surface area contributed by atoms with Crippen LogP contribution in [0.5, 0.6) is 0 Å². The summed E-state index contributed by atoms with van der Waals surface area (Å²) >= 11 is 0. The van der Waals surface area contributed by atoms with E-state index in [0.717, 1.165) is 5.56 Å². The molecule has 2 rings (SSSR count). The van der Waals surface area contributed by atoms with Crippen LogP contribution in [-0.2, 0) is 16.1 Å². The zero-order chi connectivity index (χ0) is 19.9. The van der Waals surface area contributed by atoms with E-state index in [2.05, 4.69) is 6.07 Å². The van der Waals surface area contributed by atoms with Crippen LogP contribution in [0.4, 0.5) is 9.59 Å². The lowest BCUT2D eigenvalue weighted by Crippen LogP contribution is -2.44. The molecule has 1 fully saturated rings. The van der Waals surface area contributed by atoms with Gasteiger partial charge in [0.15, 0.2) is 0 Å². The molecule has 2 amide bonds. The minimum absolute atomic E-state index is 0.172. The number of nitriles is 1. The summed E-state index contributed by atoms with van der Waals surface area (Å²) in [6, 6.07) is 11.3. The van der Waals surface area contributed by atoms with Crippen molar-refractivity contribution in [3.05, 3.63) is 35.9 Å². The summed E-state index contributed by atoms with van der Waals surface area (Å²) in [5.41, 5.74) is 0.331. The van der Waals surface area contributed by atoms with Gasteiger partial charge in [-0.2, -0.15) is 5.26 Å². The van der Waals surface area contributed by atoms with E-state index in [4.69, 9.17) is 14.7 Å². The van der Waals surface area contributed by atoms with E-state index in [-0.39, 0.29) is 31.7 Å². The van der Waals surface area contributed by atoms with Gasteiger partial charge in [-0.05, 0) is 32.8 Å². The van der Waals surface area contributed by atoms with Gasteiger partial charge in [0.1, 0.15) is 12.2 Å². The number of hydrogen-bond acceptors (Lipinski definition) is 5. The Labute approximate surface area is 160 Å². The molecule has 1 atom stereocenters. The molecule has 7 nitrogen and oxygen atoms in total. The lowest BCUT2D eigenvalue weighted by molar-refractivity contribution is 0.0273. The van der Waals surface area contributed by atoms with Gasteiger partial charge in [-0.15, -0.1) is 0 Å². The molecule has 1 unspecified atom stereocenters. The summed E-state index contributed by atoms with van der Waals surface area (Å²) in [6.07, 6.45) is -0.0119. The Morgan fingerprint density at radius 3 is 2.63 bits per heavy atom. The van der Waals surface area contributed by atoms with Gasteiger partial charge in [-0.3, -0.25) is 0 Å². The number of nitrogens with zero attached hydrogens (tertiary/aromatic N) is 3. The normalized spacial score (nSPS) is 16.5. The third-order valence-electron chi connectivity index (χ3n) is 4.16. The first-order valence-electron chi connectivity index (χ1n) is 9.12. The first-order chi connectivity index (χ1) is 12.8. The van der Waals surface area contributed by atoms with Gasteiger partial charge in [0.25, 0.3) is 0 Å². The molecule has 146 valence electrons. The maximum Gasteiger partial charge on any atom is 0.410 e. The number of carbonyl (C=O) groups excluding carboxylic acids is 2. The molecule has 1 saturated heterocycles. The summed E-state index contributed by atoms with van der Waals surface area (Å²) in [4.78, 5) is 28.0. The second-order valence-corrected chi connectivity index (χ2v) is 7.51. The molecule has 7 heteroatoms. The van der Waals surface area contributed by atoms with Crippen LogP contribution in [0.25, 0.3) is 0 Å². The number of amides is 2. The molecule has 0 aliphatic carbocycles. The minimum Gasteiger partial charge on any atom is -0.445 e. The summed E-state index contributed by atoms with van der Waals surface area (Å²) in [7, 11) is 0. The van der Waals surface area contributed by atoms with Crippen LogP contribution in [0.3, 0.4) is 0 Å². The Balaban J connectivity index is 1.96. The third kappa shape index (κ3) is 6.48. The summed E-state index contributed by atoms with van der Waals surface area (Å²) in [6.45, 7) is 6.79. The Bertz CT molecular complexity index is 679.